The molecule has 1 heterocycles. The van der Waals surface area contributed by atoms with Crippen molar-refractivity contribution < 1.29 is 9.53 Å². The lowest BCUT2D eigenvalue weighted by molar-refractivity contribution is -0.143. The van der Waals surface area contributed by atoms with E-state index in [1.165, 1.54) is 44.6 Å². The Morgan fingerprint density at radius 1 is 0.953 bits per heavy atom. The Balaban J connectivity index is 1.67. The molecule has 0 radical (unpaired) electrons. The molecular formula is C35H42N6O2. The van der Waals surface area contributed by atoms with E-state index in [-0.39, 0.29) is 12.7 Å². The van der Waals surface area contributed by atoms with E-state index in [1.54, 1.807) is 47.5 Å². The van der Waals surface area contributed by atoms with Crippen LogP contribution in [0.4, 0.5) is 23.1 Å². The minimum absolute atomic E-state index is 0.0520. The second kappa shape index (κ2) is 18.0. The average molecular weight is 579 g/mol. The summed E-state index contributed by atoms with van der Waals surface area (Å²) in [4.78, 5) is 23.5. The first-order valence-corrected chi connectivity index (χ1v) is 15.2. The van der Waals surface area contributed by atoms with Crippen molar-refractivity contribution in [2.45, 2.75) is 85.0 Å². The van der Waals surface area contributed by atoms with E-state index in [0.717, 1.165) is 41.6 Å². The molecule has 0 saturated carbocycles. The van der Waals surface area contributed by atoms with Crippen LogP contribution in [0.5, 0.6) is 0 Å². The van der Waals surface area contributed by atoms with Gasteiger partial charge < -0.3 is 10.1 Å². The van der Waals surface area contributed by atoms with Crippen LogP contribution in [0.15, 0.2) is 54.7 Å². The number of nitrogens with zero attached hydrogens (tertiary/aromatic N) is 5. The van der Waals surface area contributed by atoms with Crippen LogP contribution in [-0.4, -0.2) is 22.7 Å². The summed E-state index contributed by atoms with van der Waals surface area (Å²) in [5.41, 5.74) is 5.10. The van der Waals surface area contributed by atoms with E-state index in [9.17, 15) is 10.1 Å². The molecule has 0 fully saturated rings. The normalized spacial score (nSPS) is 10.7. The number of allylic oxidation sites excluding steroid dienone is 1. The Bertz CT molecular complexity index is 1410. The lowest BCUT2D eigenvalue weighted by atomic mass is 10.0. The number of unbranched alkanes of at least 4 members (excludes halogenated alkanes) is 8. The molecule has 8 nitrogen and oxygen atoms in total. The predicted octanol–water partition coefficient (Wildman–Crippen LogP) is 8.81. The molecule has 3 aromatic rings. The molecule has 0 aliphatic heterocycles. The van der Waals surface area contributed by atoms with Crippen LogP contribution in [0, 0.1) is 36.5 Å². The first-order valence-electron chi connectivity index (χ1n) is 15.2. The van der Waals surface area contributed by atoms with Gasteiger partial charge in [-0.05, 0) is 85.5 Å². The SMILES string of the molecule is CCCCCCCCCCCC(=O)OCN(c1ccc(C#N)cc1)c1nccc(Nc2c(C)cc(/C=C/C#N)cc2C)n1. The number of nitrogens with one attached hydrogen (secondary N) is 1. The number of esters is 1. The number of hydrogen-bond acceptors (Lipinski definition) is 8. The highest BCUT2D eigenvalue weighted by molar-refractivity contribution is 5.71. The van der Waals surface area contributed by atoms with Gasteiger partial charge in [-0.1, -0.05) is 58.3 Å². The molecule has 1 N–H and O–H groups in total. The third kappa shape index (κ3) is 10.9. The van der Waals surface area contributed by atoms with Gasteiger partial charge in [0.05, 0.1) is 17.7 Å². The van der Waals surface area contributed by atoms with E-state index >= 15 is 0 Å². The maximum Gasteiger partial charge on any atom is 0.307 e. The fourth-order valence-electron chi connectivity index (χ4n) is 4.85. The van der Waals surface area contributed by atoms with Crippen LogP contribution in [0.3, 0.4) is 0 Å². The second-order valence-corrected chi connectivity index (χ2v) is 10.7. The van der Waals surface area contributed by atoms with Crippen LogP contribution in [-0.2, 0) is 9.53 Å². The van der Waals surface area contributed by atoms with Gasteiger partial charge in [0.2, 0.25) is 5.95 Å². The van der Waals surface area contributed by atoms with Crippen molar-refractivity contribution in [1.82, 2.24) is 9.97 Å². The molecule has 0 atom stereocenters. The first kappa shape index (κ1) is 32.8. The number of aromatic nitrogens is 2. The molecule has 2 aromatic carbocycles. The van der Waals surface area contributed by atoms with Gasteiger partial charge >= 0.3 is 5.97 Å². The van der Waals surface area contributed by atoms with E-state index in [2.05, 4.69) is 23.3 Å². The zero-order valence-electron chi connectivity index (χ0n) is 25.6. The molecule has 224 valence electrons. The highest BCUT2D eigenvalue weighted by atomic mass is 16.5. The molecule has 0 bridgehead atoms. The van der Waals surface area contributed by atoms with Gasteiger partial charge in [0.25, 0.3) is 0 Å². The van der Waals surface area contributed by atoms with Gasteiger partial charge in [-0.15, -0.1) is 0 Å². The van der Waals surface area contributed by atoms with Crippen molar-refractivity contribution in [3.63, 3.8) is 0 Å². The molecular weight excluding hydrogens is 536 g/mol. The van der Waals surface area contributed by atoms with Crippen LogP contribution >= 0.6 is 0 Å². The molecule has 1 aromatic heterocycles. The summed E-state index contributed by atoms with van der Waals surface area (Å²) in [6.07, 6.45) is 15.9. The predicted molar refractivity (Wildman–Crippen MR) is 172 cm³/mol. The minimum atomic E-state index is -0.257. The third-order valence-electron chi connectivity index (χ3n) is 7.19. The summed E-state index contributed by atoms with van der Waals surface area (Å²) >= 11 is 0. The van der Waals surface area contributed by atoms with Crippen molar-refractivity contribution >= 4 is 35.2 Å². The van der Waals surface area contributed by atoms with E-state index in [4.69, 9.17) is 15.0 Å². The molecule has 0 aliphatic carbocycles. The zero-order valence-corrected chi connectivity index (χ0v) is 25.6. The molecule has 0 amide bonds. The number of aryl methyl sites for hydroxylation is 2. The van der Waals surface area contributed by atoms with Crippen molar-refractivity contribution in [3.8, 4) is 12.1 Å². The van der Waals surface area contributed by atoms with Gasteiger partial charge in [-0.25, -0.2) is 4.98 Å². The van der Waals surface area contributed by atoms with Gasteiger partial charge in [-0.2, -0.15) is 15.5 Å². The number of rotatable bonds is 17. The van der Waals surface area contributed by atoms with E-state index in [0.29, 0.717) is 29.4 Å². The molecule has 8 heteroatoms. The molecule has 0 spiro atoms. The molecule has 0 aliphatic rings. The maximum absolute atomic E-state index is 12.6. The lowest BCUT2D eigenvalue weighted by Gasteiger charge is -2.23. The Kier molecular flexibility index (Phi) is 13.7. The monoisotopic (exact) mass is 578 g/mol. The fraction of sp³-hybridized carbons (Fsp3) is 0.400. The number of hydrogen-bond donors (Lipinski definition) is 1. The van der Waals surface area contributed by atoms with Crippen LogP contribution in [0.25, 0.3) is 6.08 Å². The molecule has 3 rings (SSSR count). The topological polar surface area (TPSA) is 115 Å². The number of anilines is 4. The highest BCUT2D eigenvalue weighted by Crippen LogP contribution is 2.28. The number of benzene rings is 2. The van der Waals surface area contributed by atoms with E-state index < -0.39 is 0 Å². The summed E-state index contributed by atoms with van der Waals surface area (Å²) in [6, 6.07) is 16.9. The maximum atomic E-state index is 12.6. The smallest absolute Gasteiger partial charge is 0.307 e. The van der Waals surface area contributed by atoms with Crippen molar-refractivity contribution in [2.75, 3.05) is 16.9 Å². The van der Waals surface area contributed by atoms with Crippen molar-refractivity contribution in [1.29, 1.82) is 10.5 Å². The summed E-state index contributed by atoms with van der Waals surface area (Å²) in [7, 11) is 0. The summed E-state index contributed by atoms with van der Waals surface area (Å²) in [5, 5.41) is 21.5. The Morgan fingerprint density at radius 3 is 2.23 bits per heavy atom. The quantitative estimate of drug-likeness (QED) is 0.0731. The van der Waals surface area contributed by atoms with Gasteiger partial charge in [-0.3, -0.25) is 9.69 Å². The minimum Gasteiger partial charge on any atom is -0.444 e. The zero-order chi connectivity index (χ0) is 30.9. The Morgan fingerprint density at radius 2 is 1.60 bits per heavy atom. The standard InChI is InChI=1S/C35H42N6O2/c1-4-5-6-7-8-9-10-11-12-15-33(42)43-26-41(31-18-16-29(25-37)17-19-31)35-38-22-20-32(40-35)39-34-27(2)23-30(14-13-21-36)24-28(34)3/h13-14,16-20,22-24H,4-12,15,26H2,1-3H3,(H,38,39,40)/b14-13+. The largest absolute Gasteiger partial charge is 0.444 e. The van der Waals surface area contributed by atoms with Crippen LogP contribution < -0.4 is 10.2 Å². The van der Waals surface area contributed by atoms with Crippen LogP contribution in [0.1, 0.15) is 93.4 Å². The second-order valence-electron chi connectivity index (χ2n) is 10.7. The third-order valence-corrected chi connectivity index (χ3v) is 7.19. The highest BCUT2D eigenvalue weighted by Gasteiger charge is 2.16. The summed E-state index contributed by atoms with van der Waals surface area (Å²) in [6.45, 7) is 6.17. The molecule has 43 heavy (non-hydrogen) atoms. The molecule has 0 unspecified atom stereocenters. The van der Waals surface area contributed by atoms with E-state index in [1.807, 2.05) is 32.0 Å². The Hall–Kier alpha value is -4.69. The Labute approximate surface area is 256 Å². The number of nitriles is 2. The van der Waals surface area contributed by atoms with Gasteiger partial charge in [0.1, 0.15) is 5.82 Å². The first-order chi connectivity index (χ1) is 20.9. The van der Waals surface area contributed by atoms with Crippen molar-refractivity contribution in [3.05, 3.63) is 77.0 Å². The van der Waals surface area contributed by atoms with Gasteiger partial charge in [0, 0.05) is 30.1 Å². The number of carbonyl (C=O) groups is 1. The fourth-order valence-corrected chi connectivity index (χ4v) is 4.85. The van der Waals surface area contributed by atoms with Crippen LogP contribution in [0.2, 0.25) is 0 Å². The number of carbonyl (C=O) groups excluding carboxylic acids is 1. The number of ether oxygens (including phenoxy) is 1. The lowest BCUT2D eigenvalue weighted by Crippen LogP contribution is -2.25. The summed E-state index contributed by atoms with van der Waals surface area (Å²) < 4.78 is 5.68. The summed E-state index contributed by atoms with van der Waals surface area (Å²) in [5.74, 6) is 0.679. The van der Waals surface area contributed by atoms with Crippen molar-refractivity contribution in [2.24, 2.45) is 0 Å². The average Bonchev–Trinajstić information content (AvgIpc) is 3.01. The van der Waals surface area contributed by atoms with Gasteiger partial charge in [0.15, 0.2) is 6.73 Å². The molecule has 0 saturated heterocycles.